The number of anilines is 1. The number of nitrogens with one attached hydrogen (secondary N) is 1. The van der Waals surface area contributed by atoms with Crippen molar-refractivity contribution in [1.29, 1.82) is 0 Å². The van der Waals surface area contributed by atoms with Crippen LogP contribution in [0.15, 0.2) is 24.3 Å². The van der Waals surface area contributed by atoms with Crippen LogP contribution in [0.2, 0.25) is 0 Å². The molecular formula is C16H22N4O2. The third-order valence-electron chi connectivity index (χ3n) is 4.23. The SMILES string of the molecule is CN1CC(=O)N(c2cccc(CN3CCNCC3)c2)CC1=O. The topological polar surface area (TPSA) is 55.9 Å². The Hall–Kier alpha value is -1.92. The van der Waals surface area contributed by atoms with Crippen molar-refractivity contribution in [2.24, 2.45) is 0 Å². The van der Waals surface area contributed by atoms with Crippen molar-refractivity contribution in [2.75, 3.05) is 51.2 Å². The highest BCUT2D eigenvalue weighted by molar-refractivity contribution is 6.04. The predicted octanol–water partition coefficient (Wildman–Crippen LogP) is -0.103. The summed E-state index contributed by atoms with van der Waals surface area (Å²) >= 11 is 0. The normalized spacial score (nSPS) is 20.6. The van der Waals surface area contributed by atoms with Crippen LogP contribution in [-0.2, 0) is 16.1 Å². The molecule has 1 aromatic carbocycles. The molecule has 2 aliphatic heterocycles. The molecule has 6 nitrogen and oxygen atoms in total. The molecule has 1 aromatic rings. The lowest BCUT2D eigenvalue weighted by Gasteiger charge is -2.32. The minimum Gasteiger partial charge on any atom is -0.335 e. The number of likely N-dealkylation sites (N-methyl/N-ethyl adjacent to an activating group) is 1. The first-order valence-electron chi connectivity index (χ1n) is 7.70. The van der Waals surface area contributed by atoms with Crippen LogP contribution in [0.25, 0.3) is 0 Å². The van der Waals surface area contributed by atoms with Gasteiger partial charge in [-0.3, -0.25) is 14.5 Å². The lowest BCUT2D eigenvalue weighted by atomic mass is 10.1. The highest BCUT2D eigenvalue weighted by Crippen LogP contribution is 2.20. The number of hydrogen-bond donors (Lipinski definition) is 1. The minimum absolute atomic E-state index is 0.0212. The predicted molar refractivity (Wildman–Crippen MR) is 84.6 cm³/mol. The fraction of sp³-hybridized carbons (Fsp3) is 0.500. The van der Waals surface area contributed by atoms with Crippen molar-refractivity contribution >= 4 is 17.5 Å². The standard InChI is InChI=1S/C16H22N4O2/c1-18-11-16(22)20(12-15(18)21)14-4-2-3-13(9-14)10-19-7-5-17-6-8-19/h2-4,9,17H,5-8,10-12H2,1H3. The van der Waals surface area contributed by atoms with Gasteiger partial charge >= 0.3 is 0 Å². The summed E-state index contributed by atoms with van der Waals surface area (Å²) in [5.41, 5.74) is 2.00. The summed E-state index contributed by atoms with van der Waals surface area (Å²) in [6, 6.07) is 7.97. The number of carbonyl (C=O) groups excluding carboxylic acids is 2. The van der Waals surface area contributed by atoms with Gasteiger partial charge in [0.2, 0.25) is 11.8 Å². The van der Waals surface area contributed by atoms with E-state index in [2.05, 4.69) is 16.3 Å². The van der Waals surface area contributed by atoms with Crippen LogP contribution in [-0.4, -0.2) is 67.9 Å². The van der Waals surface area contributed by atoms with E-state index in [0.29, 0.717) is 0 Å². The van der Waals surface area contributed by atoms with Crippen LogP contribution in [0.1, 0.15) is 5.56 Å². The van der Waals surface area contributed by atoms with Gasteiger partial charge in [0.25, 0.3) is 0 Å². The summed E-state index contributed by atoms with van der Waals surface area (Å²) in [6.45, 7) is 5.28. The Kier molecular flexibility index (Phi) is 4.40. The van der Waals surface area contributed by atoms with Gasteiger partial charge in [-0.15, -0.1) is 0 Å². The second-order valence-electron chi connectivity index (χ2n) is 5.93. The maximum absolute atomic E-state index is 12.2. The van der Waals surface area contributed by atoms with Gasteiger partial charge < -0.3 is 15.1 Å². The fourth-order valence-corrected chi connectivity index (χ4v) is 2.91. The summed E-state index contributed by atoms with van der Waals surface area (Å²) in [5, 5.41) is 3.34. The fourth-order valence-electron chi connectivity index (χ4n) is 2.91. The largest absolute Gasteiger partial charge is 0.335 e. The average molecular weight is 302 g/mol. The highest BCUT2D eigenvalue weighted by Gasteiger charge is 2.28. The van der Waals surface area contributed by atoms with Crippen molar-refractivity contribution in [3.8, 4) is 0 Å². The molecule has 118 valence electrons. The lowest BCUT2D eigenvalue weighted by molar-refractivity contribution is -0.136. The van der Waals surface area contributed by atoms with Crippen LogP contribution in [0.4, 0.5) is 5.69 Å². The Morgan fingerprint density at radius 2 is 1.86 bits per heavy atom. The number of piperazine rings is 2. The molecule has 2 fully saturated rings. The third kappa shape index (κ3) is 3.28. The van der Waals surface area contributed by atoms with Crippen molar-refractivity contribution in [3.05, 3.63) is 29.8 Å². The maximum atomic E-state index is 12.2. The molecule has 2 heterocycles. The molecule has 22 heavy (non-hydrogen) atoms. The van der Waals surface area contributed by atoms with Crippen molar-refractivity contribution < 1.29 is 9.59 Å². The van der Waals surface area contributed by atoms with Crippen molar-refractivity contribution in [2.45, 2.75) is 6.54 Å². The van der Waals surface area contributed by atoms with Crippen molar-refractivity contribution in [3.63, 3.8) is 0 Å². The van der Waals surface area contributed by atoms with E-state index in [1.807, 2.05) is 18.2 Å². The molecule has 0 radical (unpaired) electrons. The molecule has 2 aliphatic rings. The third-order valence-corrected chi connectivity index (χ3v) is 4.23. The molecule has 3 rings (SSSR count). The maximum Gasteiger partial charge on any atom is 0.247 e. The van der Waals surface area contributed by atoms with Gasteiger partial charge in [0.05, 0.1) is 6.54 Å². The number of hydrogen-bond acceptors (Lipinski definition) is 4. The second kappa shape index (κ2) is 6.46. The van der Waals surface area contributed by atoms with E-state index >= 15 is 0 Å². The van der Waals surface area contributed by atoms with E-state index < -0.39 is 0 Å². The first-order chi connectivity index (χ1) is 10.6. The highest BCUT2D eigenvalue weighted by atomic mass is 16.2. The summed E-state index contributed by atoms with van der Waals surface area (Å²) in [5.74, 6) is -0.0477. The summed E-state index contributed by atoms with van der Waals surface area (Å²) < 4.78 is 0. The summed E-state index contributed by atoms with van der Waals surface area (Å²) in [7, 11) is 1.67. The van der Waals surface area contributed by atoms with Gasteiger partial charge in [-0.25, -0.2) is 0 Å². The molecule has 0 aliphatic carbocycles. The Morgan fingerprint density at radius 1 is 1.09 bits per heavy atom. The zero-order valence-corrected chi connectivity index (χ0v) is 12.9. The quantitative estimate of drug-likeness (QED) is 0.847. The smallest absolute Gasteiger partial charge is 0.247 e. The monoisotopic (exact) mass is 302 g/mol. The van der Waals surface area contributed by atoms with E-state index in [0.717, 1.165) is 38.4 Å². The Morgan fingerprint density at radius 3 is 2.64 bits per heavy atom. The zero-order chi connectivity index (χ0) is 15.5. The minimum atomic E-state index is -0.0265. The summed E-state index contributed by atoms with van der Waals surface area (Å²) in [4.78, 5) is 29.5. The van der Waals surface area contributed by atoms with E-state index in [-0.39, 0.29) is 24.9 Å². The van der Waals surface area contributed by atoms with E-state index in [1.165, 1.54) is 10.5 Å². The van der Waals surface area contributed by atoms with E-state index in [4.69, 9.17) is 0 Å². The molecule has 0 atom stereocenters. The van der Waals surface area contributed by atoms with E-state index in [1.54, 1.807) is 11.9 Å². The van der Waals surface area contributed by atoms with Gasteiger partial charge in [-0.1, -0.05) is 12.1 Å². The van der Waals surface area contributed by atoms with Gasteiger partial charge in [-0.05, 0) is 17.7 Å². The van der Waals surface area contributed by atoms with Gasteiger partial charge in [-0.2, -0.15) is 0 Å². The van der Waals surface area contributed by atoms with Gasteiger partial charge in [0, 0.05) is 45.5 Å². The molecule has 6 heteroatoms. The van der Waals surface area contributed by atoms with Gasteiger partial charge in [0.1, 0.15) is 6.54 Å². The molecule has 0 unspecified atom stereocenters. The number of nitrogens with zero attached hydrogens (tertiary/aromatic N) is 3. The average Bonchev–Trinajstić information content (AvgIpc) is 2.52. The van der Waals surface area contributed by atoms with E-state index in [9.17, 15) is 9.59 Å². The molecule has 2 amide bonds. The number of benzene rings is 1. The van der Waals surface area contributed by atoms with Crippen LogP contribution < -0.4 is 10.2 Å². The van der Waals surface area contributed by atoms with Gasteiger partial charge in [0.15, 0.2) is 0 Å². The molecule has 0 saturated carbocycles. The first-order valence-corrected chi connectivity index (χ1v) is 7.70. The van der Waals surface area contributed by atoms with Crippen LogP contribution in [0.5, 0.6) is 0 Å². The van der Waals surface area contributed by atoms with Crippen LogP contribution in [0.3, 0.4) is 0 Å². The summed E-state index contributed by atoms with van der Waals surface area (Å²) in [6.07, 6.45) is 0. The molecule has 0 spiro atoms. The lowest BCUT2D eigenvalue weighted by Crippen LogP contribution is -2.52. The molecule has 0 bridgehead atoms. The number of rotatable bonds is 3. The van der Waals surface area contributed by atoms with Crippen LogP contribution >= 0.6 is 0 Å². The number of carbonyl (C=O) groups is 2. The van der Waals surface area contributed by atoms with Crippen LogP contribution in [0, 0.1) is 0 Å². The number of amides is 2. The molecular weight excluding hydrogens is 280 g/mol. The second-order valence-corrected chi connectivity index (χ2v) is 5.93. The zero-order valence-electron chi connectivity index (χ0n) is 12.9. The Balaban J connectivity index is 1.73. The Labute approximate surface area is 130 Å². The Bertz CT molecular complexity index is 569. The van der Waals surface area contributed by atoms with Crippen molar-refractivity contribution in [1.82, 2.24) is 15.1 Å². The molecule has 1 N–H and O–H groups in total. The molecule has 2 saturated heterocycles. The first kappa shape index (κ1) is 15.0. The molecule has 0 aromatic heterocycles.